The van der Waals surface area contributed by atoms with Crippen molar-refractivity contribution in [3.05, 3.63) is 24.3 Å². The van der Waals surface area contributed by atoms with Crippen molar-refractivity contribution in [1.29, 1.82) is 0 Å². The Kier molecular flexibility index (Phi) is 5.87. The van der Waals surface area contributed by atoms with E-state index in [0.717, 1.165) is 12.2 Å². The summed E-state index contributed by atoms with van der Waals surface area (Å²) < 4.78 is 10.9. The topological polar surface area (TPSA) is 73.6 Å². The molecule has 2 rings (SSSR count). The molecule has 1 aromatic carbocycles. The first-order chi connectivity index (χ1) is 10.2. The van der Waals surface area contributed by atoms with E-state index < -0.39 is 0 Å². The van der Waals surface area contributed by atoms with E-state index in [9.17, 15) is 4.79 Å². The monoisotopic (exact) mass is 292 g/mol. The fourth-order valence-corrected chi connectivity index (χ4v) is 1.97. The lowest BCUT2D eigenvalue weighted by Gasteiger charge is -2.12. The van der Waals surface area contributed by atoms with Gasteiger partial charge in [0.05, 0.1) is 6.61 Å². The van der Waals surface area contributed by atoms with Crippen molar-refractivity contribution in [2.45, 2.75) is 32.2 Å². The van der Waals surface area contributed by atoms with Gasteiger partial charge >= 0.3 is 0 Å². The first-order valence-corrected chi connectivity index (χ1v) is 7.57. The SMILES string of the molecule is CCCOc1ccc(OCC(=O)NCC(N)C2CC2)cc1. The van der Waals surface area contributed by atoms with Crippen LogP contribution in [0, 0.1) is 5.92 Å². The summed E-state index contributed by atoms with van der Waals surface area (Å²) in [5.41, 5.74) is 5.92. The van der Waals surface area contributed by atoms with Crippen molar-refractivity contribution < 1.29 is 14.3 Å². The molecule has 1 amide bonds. The molecule has 1 atom stereocenters. The molecule has 116 valence electrons. The van der Waals surface area contributed by atoms with Crippen molar-refractivity contribution in [2.24, 2.45) is 11.7 Å². The van der Waals surface area contributed by atoms with E-state index in [1.165, 1.54) is 12.8 Å². The van der Waals surface area contributed by atoms with Gasteiger partial charge in [0.1, 0.15) is 11.5 Å². The van der Waals surface area contributed by atoms with Crippen LogP contribution < -0.4 is 20.5 Å². The smallest absolute Gasteiger partial charge is 0.257 e. The normalized spacial score (nSPS) is 15.3. The molecule has 1 saturated carbocycles. The van der Waals surface area contributed by atoms with Crippen LogP contribution in [0.25, 0.3) is 0 Å². The Bertz CT molecular complexity index is 443. The highest BCUT2D eigenvalue weighted by Gasteiger charge is 2.28. The van der Waals surface area contributed by atoms with Crippen LogP contribution in [-0.2, 0) is 4.79 Å². The first kappa shape index (κ1) is 15.6. The van der Waals surface area contributed by atoms with Crippen molar-refractivity contribution >= 4 is 5.91 Å². The minimum absolute atomic E-state index is 0.00650. The maximum atomic E-state index is 11.7. The van der Waals surface area contributed by atoms with Gasteiger partial charge < -0.3 is 20.5 Å². The van der Waals surface area contributed by atoms with Crippen LogP contribution >= 0.6 is 0 Å². The largest absolute Gasteiger partial charge is 0.494 e. The predicted octanol–water partition coefficient (Wildman–Crippen LogP) is 1.71. The molecule has 1 aliphatic rings. The number of hydrogen-bond acceptors (Lipinski definition) is 4. The number of rotatable bonds is 9. The van der Waals surface area contributed by atoms with Gasteiger partial charge in [-0.1, -0.05) is 6.92 Å². The Labute approximate surface area is 125 Å². The Balaban J connectivity index is 1.65. The fourth-order valence-electron chi connectivity index (χ4n) is 1.97. The maximum Gasteiger partial charge on any atom is 0.257 e. The molecule has 0 radical (unpaired) electrons. The minimum atomic E-state index is -0.141. The second-order valence-corrected chi connectivity index (χ2v) is 5.41. The van der Waals surface area contributed by atoms with Crippen LogP contribution in [0.3, 0.4) is 0 Å². The van der Waals surface area contributed by atoms with E-state index in [2.05, 4.69) is 12.2 Å². The van der Waals surface area contributed by atoms with Gasteiger partial charge in [-0.2, -0.15) is 0 Å². The van der Waals surface area contributed by atoms with Crippen LogP contribution in [0.1, 0.15) is 26.2 Å². The van der Waals surface area contributed by atoms with E-state index in [4.69, 9.17) is 15.2 Å². The van der Waals surface area contributed by atoms with Gasteiger partial charge in [0.15, 0.2) is 6.61 Å². The van der Waals surface area contributed by atoms with E-state index in [1.54, 1.807) is 12.1 Å². The standard InChI is InChI=1S/C16H24N2O3/c1-2-9-20-13-5-7-14(8-6-13)21-11-16(19)18-10-15(17)12-3-4-12/h5-8,12,15H,2-4,9-11,17H2,1H3,(H,18,19). The third-order valence-corrected chi connectivity index (χ3v) is 3.43. The molecular formula is C16H24N2O3. The summed E-state index contributed by atoms with van der Waals surface area (Å²) >= 11 is 0. The summed E-state index contributed by atoms with van der Waals surface area (Å²) in [6, 6.07) is 7.35. The van der Waals surface area contributed by atoms with Crippen LogP contribution in [0.5, 0.6) is 11.5 Å². The van der Waals surface area contributed by atoms with Gasteiger partial charge in [-0.05, 0) is 49.4 Å². The summed E-state index contributed by atoms with van der Waals surface area (Å²) in [6.45, 7) is 3.29. The number of ether oxygens (including phenoxy) is 2. The number of carbonyl (C=O) groups is 1. The number of nitrogens with one attached hydrogen (secondary N) is 1. The van der Waals surface area contributed by atoms with Crippen LogP contribution in [-0.4, -0.2) is 31.7 Å². The molecule has 1 unspecified atom stereocenters. The molecule has 1 aliphatic carbocycles. The first-order valence-electron chi connectivity index (χ1n) is 7.57. The van der Waals surface area contributed by atoms with Crippen LogP contribution in [0.4, 0.5) is 0 Å². The molecule has 0 heterocycles. The van der Waals surface area contributed by atoms with Crippen molar-refractivity contribution in [3.8, 4) is 11.5 Å². The van der Waals surface area contributed by atoms with E-state index in [0.29, 0.717) is 24.8 Å². The molecule has 1 fully saturated rings. The number of carbonyl (C=O) groups excluding carboxylic acids is 1. The van der Waals surface area contributed by atoms with E-state index in [-0.39, 0.29) is 18.6 Å². The molecule has 5 heteroatoms. The van der Waals surface area contributed by atoms with Crippen molar-refractivity contribution in [2.75, 3.05) is 19.8 Å². The second kappa shape index (κ2) is 7.88. The highest BCUT2D eigenvalue weighted by Crippen LogP contribution is 2.31. The minimum Gasteiger partial charge on any atom is -0.494 e. The molecule has 5 nitrogen and oxygen atoms in total. The summed E-state index contributed by atoms with van der Waals surface area (Å²) in [5, 5.41) is 2.80. The second-order valence-electron chi connectivity index (χ2n) is 5.41. The van der Waals surface area contributed by atoms with Crippen molar-refractivity contribution in [1.82, 2.24) is 5.32 Å². The predicted molar refractivity (Wildman–Crippen MR) is 81.4 cm³/mol. The number of benzene rings is 1. The Morgan fingerprint density at radius 1 is 1.29 bits per heavy atom. The highest BCUT2D eigenvalue weighted by molar-refractivity contribution is 5.77. The Hall–Kier alpha value is -1.75. The van der Waals surface area contributed by atoms with Gasteiger partial charge in [0.2, 0.25) is 0 Å². The molecule has 3 N–H and O–H groups in total. The summed E-state index contributed by atoms with van der Waals surface area (Å²) in [4.78, 5) is 11.7. The average molecular weight is 292 g/mol. The van der Waals surface area contributed by atoms with Gasteiger partial charge in [0, 0.05) is 12.6 Å². The van der Waals surface area contributed by atoms with Gasteiger partial charge in [-0.25, -0.2) is 0 Å². The summed E-state index contributed by atoms with van der Waals surface area (Å²) in [7, 11) is 0. The zero-order valence-electron chi connectivity index (χ0n) is 12.5. The zero-order valence-corrected chi connectivity index (χ0v) is 12.5. The third kappa shape index (κ3) is 5.63. The molecule has 0 aromatic heterocycles. The van der Waals surface area contributed by atoms with Crippen LogP contribution in [0.15, 0.2) is 24.3 Å². The molecule has 0 spiro atoms. The molecule has 1 aromatic rings. The van der Waals surface area contributed by atoms with Crippen molar-refractivity contribution in [3.63, 3.8) is 0 Å². The molecular weight excluding hydrogens is 268 g/mol. The Morgan fingerprint density at radius 2 is 1.90 bits per heavy atom. The van der Waals surface area contributed by atoms with Crippen LogP contribution in [0.2, 0.25) is 0 Å². The van der Waals surface area contributed by atoms with E-state index >= 15 is 0 Å². The summed E-state index contributed by atoms with van der Waals surface area (Å²) in [5.74, 6) is 1.91. The number of nitrogens with two attached hydrogens (primary N) is 1. The van der Waals surface area contributed by atoms with Gasteiger partial charge in [-0.15, -0.1) is 0 Å². The maximum absolute atomic E-state index is 11.7. The highest BCUT2D eigenvalue weighted by atomic mass is 16.5. The summed E-state index contributed by atoms with van der Waals surface area (Å²) in [6.07, 6.45) is 3.33. The zero-order chi connectivity index (χ0) is 15.1. The third-order valence-electron chi connectivity index (χ3n) is 3.43. The molecule has 21 heavy (non-hydrogen) atoms. The lowest BCUT2D eigenvalue weighted by molar-refractivity contribution is -0.123. The Morgan fingerprint density at radius 3 is 2.48 bits per heavy atom. The molecule has 0 saturated heterocycles. The number of hydrogen-bond donors (Lipinski definition) is 2. The van der Waals surface area contributed by atoms with Gasteiger partial charge in [0.25, 0.3) is 5.91 Å². The lowest BCUT2D eigenvalue weighted by Crippen LogP contribution is -2.40. The number of amides is 1. The quantitative estimate of drug-likeness (QED) is 0.726. The molecule has 0 bridgehead atoms. The van der Waals surface area contributed by atoms with E-state index in [1.807, 2.05) is 12.1 Å². The van der Waals surface area contributed by atoms with Gasteiger partial charge in [-0.3, -0.25) is 4.79 Å². The molecule has 0 aliphatic heterocycles. The lowest BCUT2D eigenvalue weighted by atomic mass is 10.2. The average Bonchev–Trinajstić information content (AvgIpc) is 3.34. The fraction of sp³-hybridized carbons (Fsp3) is 0.562.